The monoisotopic (exact) mass is 457 g/mol. The molecule has 172 valence electrons. The lowest BCUT2D eigenvalue weighted by Gasteiger charge is -2.26. The highest BCUT2D eigenvalue weighted by atomic mass is 19.1. The molecule has 0 spiro atoms. The molecule has 6 nitrogen and oxygen atoms in total. The molecule has 2 heterocycles. The Labute approximate surface area is 195 Å². The molecule has 4 aromatic rings. The van der Waals surface area contributed by atoms with Gasteiger partial charge in [-0.05, 0) is 66.9 Å². The highest BCUT2D eigenvalue weighted by Gasteiger charge is 2.28. The molecule has 0 radical (unpaired) electrons. The molecule has 4 N–H and O–H groups in total. The Morgan fingerprint density at radius 2 is 1.88 bits per heavy atom. The minimum absolute atomic E-state index is 0.0741. The van der Waals surface area contributed by atoms with Crippen LogP contribution >= 0.6 is 0 Å². The second-order valence-corrected chi connectivity index (χ2v) is 8.51. The Morgan fingerprint density at radius 1 is 1.15 bits per heavy atom. The van der Waals surface area contributed by atoms with E-state index in [1.54, 1.807) is 36.4 Å². The van der Waals surface area contributed by atoms with E-state index in [1.807, 2.05) is 12.1 Å². The molecule has 0 aliphatic carbocycles. The van der Waals surface area contributed by atoms with E-state index in [-0.39, 0.29) is 17.3 Å². The summed E-state index contributed by atoms with van der Waals surface area (Å²) >= 11 is 0. The van der Waals surface area contributed by atoms with Crippen LogP contribution in [0.2, 0.25) is 0 Å². The summed E-state index contributed by atoms with van der Waals surface area (Å²) in [6.07, 6.45) is 3.06. The number of carboxylic acid groups (broad SMARTS) is 1. The van der Waals surface area contributed by atoms with E-state index >= 15 is 0 Å². The number of hydrogen-bond donors (Lipinski definition) is 3. The Morgan fingerprint density at radius 3 is 2.50 bits per heavy atom. The Kier molecular flexibility index (Phi) is 5.63. The molecule has 1 saturated heterocycles. The van der Waals surface area contributed by atoms with Gasteiger partial charge in [-0.25, -0.2) is 9.18 Å². The fourth-order valence-corrected chi connectivity index (χ4v) is 4.81. The topological polar surface area (TPSA) is 101 Å². The SMILES string of the molecule is N=Cc1cc2c(cc1N)c(-c1ccc(C(=O)O)cc1)c(C1CCCOC1)n2-c1ccc(F)cc1. The number of aromatic nitrogens is 1. The van der Waals surface area contributed by atoms with Gasteiger partial charge in [0.15, 0.2) is 0 Å². The number of benzene rings is 3. The zero-order chi connectivity index (χ0) is 23.8. The first-order valence-corrected chi connectivity index (χ1v) is 11.1. The van der Waals surface area contributed by atoms with E-state index in [9.17, 15) is 14.3 Å². The molecule has 0 saturated carbocycles. The van der Waals surface area contributed by atoms with Crippen molar-refractivity contribution < 1.29 is 19.0 Å². The first-order valence-electron chi connectivity index (χ1n) is 11.1. The summed E-state index contributed by atoms with van der Waals surface area (Å²) < 4.78 is 21.7. The molecule has 1 aromatic heterocycles. The van der Waals surface area contributed by atoms with Crippen LogP contribution in [-0.2, 0) is 4.74 Å². The third-order valence-corrected chi connectivity index (χ3v) is 6.42. The summed E-state index contributed by atoms with van der Waals surface area (Å²) in [5, 5.41) is 18.0. The Bertz CT molecular complexity index is 1390. The van der Waals surface area contributed by atoms with Crippen molar-refractivity contribution >= 4 is 28.8 Å². The quantitative estimate of drug-likeness (QED) is 0.268. The zero-order valence-corrected chi connectivity index (χ0v) is 18.4. The van der Waals surface area contributed by atoms with Gasteiger partial charge in [-0.15, -0.1) is 0 Å². The summed E-state index contributed by atoms with van der Waals surface area (Å²) in [5.41, 5.74) is 12.0. The predicted octanol–water partition coefficient (Wildman–Crippen LogP) is 5.61. The minimum atomic E-state index is -0.985. The van der Waals surface area contributed by atoms with Gasteiger partial charge in [0.05, 0.1) is 17.7 Å². The van der Waals surface area contributed by atoms with Gasteiger partial charge in [0, 0.05) is 52.3 Å². The second-order valence-electron chi connectivity index (χ2n) is 8.51. The van der Waals surface area contributed by atoms with Crippen LogP contribution in [0.25, 0.3) is 27.7 Å². The first kappa shape index (κ1) is 21.9. The lowest BCUT2D eigenvalue weighted by atomic mass is 9.91. The zero-order valence-electron chi connectivity index (χ0n) is 18.4. The maximum Gasteiger partial charge on any atom is 0.335 e. The van der Waals surface area contributed by atoms with Gasteiger partial charge in [-0.3, -0.25) is 0 Å². The third kappa shape index (κ3) is 3.74. The molecule has 1 atom stereocenters. The van der Waals surface area contributed by atoms with Gasteiger partial charge in [-0.1, -0.05) is 12.1 Å². The maximum atomic E-state index is 13.8. The van der Waals surface area contributed by atoms with E-state index in [4.69, 9.17) is 15.9 Å². The summed E-state index contributed by atoms with van der Waals surface area (Å²) in [6, 6.07) is 16.9. The molecule has 0 amide bonds. The van der Waals surface area contributed by atoms with E-state index in [1.165, 1.54) is 18.3 Å². The van der Waals surface area contributed by atoms with Gasteiger partial charge >= 0.3 is 5.97 Å². The molecule has 34 heavy (non-hydrogen) atoms. The fourth-order valence-electron chi connectivity index (χ4n) is 4.81. The number of rotatable bonds is 5. The average Bonchev–Trinajstić information content (AvgIpc) is 3.18. The molecule has 0 bridgehead atoms. The van der Waals surface area contributed by atoms with Crippen molar-refractivity contribution in [3.8, 4) is 16.8 Å². The molecule has 1 aliphatic rings. The van der Waals surface area contributed by atoms with Crippen LogP contribution in [0.1, 0.15) is 40.4 Å². The highest BCUT2D eigenvalue weighted by molar-refractivity contribution is 6.05. The predicted molar refractivity (Wildman–Crippen MR) is 131 cm³/mol. The number of nitrogens with one attached hydrogen (secondary N) is 1. The van der Waals surface area contributed by atoms with E-state index in [0.29, 0.717) is 24.5 Å². The van der Waals surface area contributed by atoms with Gasteiger partial charge in [-0.2, -0.15) is 0 Å². The normalized spacial score (nSPS) is 16.0. The van der Waals surface area contributed by atoms with E-state index in [0.717, 1.165) is 46.3 Å². The van der Waals surface area contributed by atoms with Crippen molar-refractivity contribution in [1.29, 1.82) is 5.41 Å². The number of nitrogen functional groups attached to an aromatic ring is 1. The lowest BCUT2D eigenvalue weighted by molar-refractivity contribution is 0.0697. The largest absolute Gasteiger partial charge is 0.478 e. The highest BCUT2D eigenvalue weighted by Crippen LogP contribution is 2.44. The van der Waals surface area contributed by atoms with Gasteiger partial charge < -0.3 is 25.6 Å². The number of fused-ring (bicyclic) bond motifs is 1. The van der Waals surface area contributed by atoms with E-state index < -0.39 is 5.97 Å². The molecule has 3 aromatic carbocycles. The number of hydrogen-bond acceptors (Lipinski definition) is 4. The number of carbonyl (C=O) groups is 1. The number of ether oxygens (including phenoxy) is 1. The van der Waals surface area contributed by atoms with Crippen molar-refractivity contribution in [3.63, 3.8) is 0 Å². The fraction of sp³-hybridized carbons (Fsp3) is 0.185. The van der Waals surface area contributed by atoms with Crippen LogP contribution in [0.4, 0.5) is 10.1 Å². The standard InChI is InChI=1S/C27H24FN3O3/c28-20-7-9-21(10-8-20)31-24-12-19(14-29)23(30)13-22(24)25(26(31)18-2-1-11-34-15-18)16-3-5-17(6-4-16)27(32)33/h3-10,12-14,18,29H,1-2,11,15,30H2,(H,32,33). The smallest absolute Gasteiger partial charge is 0.335 e. The molecular weight excluding hydrogens is 433 g/mol. The van der Waals surface area contributed by atoms with Crippen LogP contribution in [-0.4, -0.2) is 35.1 Å². The number of halogens is 1. The van der Waals surface area contributed by atoms with Crippen molar-refractivity contribution in [2.24, 2.45) is 0 Å². The molecule has 1 aliphatic heterocycles. The third-order valence-electron chi connectivity index (χ3n) is 6.42. The summed E-state index contributed by atoms with van der Waals surface area (Å²) in [5.74, 6) is -1.23. The van der Waals surface area contributed by atoms with Crippen molar-refractivity contribution in [1.82, 2.24) is 4.57 Å². The summed E-state index contributed by atoms with van der Waals surface area (Å²) in [6.45, 7) is 1.26. The van der Waals surface area contributed by atoms with E-state index in [2.05, 4.69) is 4.57 Å². The molecule has 1 unspecified atom stereocenters. The van der Waals surface area contributed by atoms with Crippen LogP contribution in [0.15, 0.2) is 60.7 Å². The Hall–Kier alpha value is -3.97. The van der Waals surface area contributed by atoms with Crippen LogP contribution < -0.4 is 5.73 Å². The molecular formula is C27H24FN3O3. The van der Waals surface area contributed by atoms with Gasteiger partial charge in [0.2, 0.25) is 0 Å². The first-order chi connectivity index (χ1) is 16.5. The van der Waals surface area contributed by atoms with Crippen LogP contribution in [0, 0.1) is 11.2 Å². The summed E-state index contributed by atoms with van der Waals surface area (Å²) in [7, 11) is 0. The molecule has 5 rings (SSSR count). The number of nitrogens with zero attached hydrogens (tertiary/aromatic N) is 1. The maximum absolute atomic E-state index is 13.8. The second kappa shape index (κ2) is 8.76. The van der Waals surface area contributed by atoms with Crippen molar-refractivity contribution in [2.75, 3.05) is 18.9 Å². The Balaban J connectivity index is 1.88. The molecule has 1 fully saturated rings. The van der Waals surface area contributed by atoms with Crippen LogP contribution in [0.5, 0.6) is 0 Å². The average molecular weight is 458 g/mol. The number of aromatic carboxylic acids is 1. The summed E-state index contributed by atoms with van der Waals surface area (Å²) in [4.78, 5) is 11.4. The minimum Gasteiger partial charge on any atom is -0.478 e. The van der Waals surface area contributed by atoms with Gasteiger partial charge in [0.25, 0.3) is 0 Å². The number of anilines is 1. The van der Waals surface area contributed by atoms with Crippen LogP contribution in [0.3, 0.4) is 0 Å². The van der Waals surface area contributed by atoms with Crippen molar-refractivity contribution in [3.05, 3.63) is 83.3 Å². The van der Waals surface area contributed by atoms with Gasteiger partial charge in [0.1, 0.15) is 5.82 Å². The van der Waals surface area contributed by atoms with Crippen molar-refractivity contribution in [2.45, 2.75) is 18.8 Å². The number of nitrogens with two attached hydrogens (primary N) is 1. The molecule has 7 heteroatoms. The number of carboxylic acids is 1. The lowest BCUT2D eigenvalue weighted by Crippen LogP contribution is -2.19.